The van der Waals surface area contributed by atoms with Crippen LogP contribution in [-0.2, 0) is 18.3 Å². The number of rotatable bonds is 2. The van der Waals surface area contributed by atoms with Crippen LogP contribution in [0.5, 0.6) is 0 Å². The third-order valence-electron chi connectivity index (χ3n) is 3.87. The molecule has 2 aromatic rings. The molecule has 3 rings (SSSR count). The number of nitrogens with zero attached hydrogens (tertiary/aromatic N) is 3. The number of aryl methyl sites for hydroxylation is 1. The summed E-state index contributed by atoms with van der Waals surface area (Å²) in [7, 11) is 1.98. The number of hydrogen-bond donors (Lipinski definition) is 0. The summed E-state index contributed by atoms with van der Waals surface area (Å²) in [4.78, 5) is 18.7. The topological polar surface area (TPSA) is 38.1 Å². The van der Waals surface area contributed by atoms with Gasteiger partial charge in [-0.1, -0.05) is 0 Å². The second kappa shape index (κ2) is 5.03. The van der Waals surface area contributed by atoms with Crippen molar-refractivity contribution in [3.63, 3.8) is 0 Å². The molecule has 1 saturated heterocycles. The molecule has 4 heteroatoms. The Morgan fingerprint density at radius 3 is 2.89 bits per heavy atom. The molecule has 1 amide bonds. The number of amides is 1. The standard InChI is InChI=1S/C15H19N3O/c1-17-11-12(13-6-5-7-16-15(13)17)10-14(19)18-8-3-2-4-9-18/h5-7,11H,2-4,8-10H2,1H3. The Balaban J connectivity index is 1.83. The monoisotopic (exact) mass is 257 g/mol. The number of piperidine rings is 1. The molecule has 0 aliphatic carbocycles. The molecule has 0 radical (unpaired) electrons. The second-order valence-electron chi connectivity index (χ2n) is 5.26. The van der Waals surface area contributed by atoms with Gasteiger partial charge in [-0.25, -0.2) is 4.98 Å². The van der Waals surface area contributed by atoms with Crippen LogP contribution in [0.2, 0.25) is 0 Å². The highest BCUT2D eigenvalue weighted by atomic mass is 16.2. The fourth-order valence-electron chi connectivity index (χ4n) is 2.85. The molecular weight excluding hydrogens is 238 g/mol. The summed E-state index contributed by atoms with van der Waals surface area (Å²) in [5.74, 6) is 0.246. The fourth-order valence-corrected chi connectivity index (χ4v) is 2.85. The van der Waals surface area contributed by atoms with Gasteiger partial charge in [0.1, 0.15) is 5.65 Å². The third-order valence-corrected chi connectivity index (χ3v) is 3.87. The van der Waals surface area contributed by atoms with Crippen molar-refractivity contribution in [1.82, 2.24) is 14.5 Å². The SMILES string of the molecule is Cn1cc(CC(=O)N2CCCCC2)c2cccnc21. The summed E-state index contributed by atoms with van der Waals surface area (Å²) < 4.78 is 1.99. The van der Waals surface area contributed by atoms with Crippen molar-refractivity contribution in [2.24, 2.45) is 7.05 Å². The molecule has 0 bridgehead atoms. The molecule has 0 saturated carbocycles. The maximum Gasteiger partial charge on any atom is 0.227 e. The first-order valence-electron chi connectivity index (χ1n) is 6.92. The zero-order valence-electron chi connectivity index (χ0n) is 11.3. The quantitative estimate of drug-likeness (QED) is 0.826. The number of likely N-dealkylation sites (tertiary alicyclic amines) is 1. The van der Waals surface area contributed by atoms with Gasteiger partial charge >= 0.3 is 0 Å². The van der Waals surface area contributed by atoms with Gasteiger partial charge < -0.3 is 9.47 Å². The van der Waals surface area contributed by atoms with E-state index in [1.54, 1.807) is 6.20 Å². The Bertz CT molecular complexity index is 596. The number of aromatic nitrogens is 2. The lowest BCUT2D eigenvalue weighted by Crippen LogP contribution is -2.36. The molecule has 1 aliphatic rings. The van der Waals surface area contributed by atoms with Crippen LogP contribution in [0.4, 0.5) is 0 Å². The minimum absolute atomic E-state index is 0.246. The molecule has 4 nitrogen and oxygen atoms in total. The minimum atomic E-state index is 0.246. The van der Waals surface area contributed by atoms with Crippen LogP contribution in [0.25, 0.3) is 11.0 Å². The van der Waals surface area contributed by atoms with Crippen LogP contribution < -0.4 is 0 Å². The van der Waals surface area contributed by atoms with Gasteiger partial charge in [0.2, 0.25) is 5.91 Å². The number of pyridine rings is 1. The Labute approximate surface area is 113 Å². The molecule has 19 heavy (non-hydrogen) atoms. The van der Waals surface area contributed by atoms with E-state index in [1.807, 2.05) is 34.8 Å². The average Bonchev–Trinajstić information content (AvgIpc) is 2.77. The lowest BCUT2D eigenvalue weighted by molar-refractivity contribution is -0.131. The Kier molecular flexibility index (Phi) is 3.23. The number of hydrogen-bond acceptors (Lipinski definition) is 2. The predicted octanol–water partition coefficient (Wildman–Crippen LogP) is 2.13. The van der Waals surface area contributed by atoms with E-state index in [9.17, 15) is 4.79 Å². The third kappa shape index (κ3) is 2.35. The van der Waals surface area contributed by atoms with Crippen molar-refractivity contribution in [3.8, 4) is 0 Å². The smallest absolute Gasteiger partial charge is 0.227 e. The lowest BCUT2D eigenvalue weighted by atomic mass is 10.1. The summed E-state index contributed by atoms with van der Waals surface area (Å²) in [6, 6.07) is 3.97. The van der Waals surface area contributed by atoms with Gasteiger partial charge in [-0.2, -0.15) is 0 Å². The van der Waals surface area contributed by atoms with E-state index < -0.39 is 0 Å². The van der Waals surface area contributed by atoms with Crippen LogP contribution in [0.3, 0.4) is 0 Å². The molecule has 1 aliphatic heterocycles. The molecule has 0 spiro atoms. The van der Waals surface area contributed by atoms with Crippen molar-refractivity contribution < 1.29 is 4.79 Å². The molecule has 0 unspecified atom stereocenters. The van der Waals surface area contributed by atoms with Gasteiger partial charge in [0.15, 0.2) is 0 Å². The molecule has 0 aromatic carbocycles. The minimum Gasteiger partial charge on any atom is -0.342 e. The van der Waals surface area contributed by atoms with Crippen molar-refractivity contribution in [3.05, 3.63) is 30.1 Å². The maximum atomic E-state index is 12.3. The van der Waals surface area contributed by atoms with E-state index in [4.69, 9.17) is 0 Å². The fraction of sp³-hybridized carbons (Fsp3) is 0.467. The Morgan fingerprint density at radius 1 is 1.32 bits per heavy atom. The molecule has 2 aromatic heterocycles. The first-order valence-corrected chi connectivity index (χ1v) is 6.92. The van der Waals surface area contributed by atoms with Gasteiger partial charge in [0.25, 0.3) is 0 Å². The van der Waals surface area contributed by atoms with Crippen LogP contribution >= 0.6 is 0 Å². The van der Waals surface area contributed by atoms with Gasteiger partial charge in [-0.15, -0.1) is 0 Å². The van der Waals surface area contributed by atoms with E-state index in [0.717, 1.165) is 42.5 Å². The van der Waals surface area contributed by atoms with Crippen molar-refractivity contribution in [2.45, 2.75) is 25.7 Å². The van der Waals surface area contributed by atoms with Crippen LogP contribution in [0, 0.1) is 0 Å². The predicted molar refractivity (Wildman–Crippen MR) is 74.8 cm³/mol. The summed E-state index contributed by atoms with van der Waals surface area (Å²) in [6.07, 6.45) is 7.84. The van der Waals surface area contributed by atoms with Crippen LogP contribution in [0.1, 0.15) is 24.8 Å². The van der Waals surface area contributed by atoms with E-state index in [0.29, 0.717) is 6.42 Å². The highest BCUT2D eigenvalue weighted by Crippen LogP contribution is 2.20. The molecular formula is C15H19N3O. The normalized spacial score (nSPS) is 15.9. The van der Waals surface area contributed by atoms with Crippen molar-refractivity contribution in [2.75, 3.05) is 13.1 Å². The first kappa shape index (κ1) is 12.2. The van der Waals surface area contributed by atoms with E-state index >= 15 is 0 Å². The van der Waals surface area contributed by atoms with E-state index in [1.165, 1.54) is 6.42 Å². The van der Waals surface area contributed by atoms with Crippen LogP contribution in [-0.4, -0.2) is 33.4 Å². The first-order chi connectivity index (χ1) is 9.25. The highest BCUT2D eigenvalue weighted by Gasteiger charge is 2.18. The molecule has 100 valence electrons. The summed E-state index contributed by atoms with van der Waals surface area (Å²) in [6.45, 7) is 1.84. The van der Waals surface area contributed by atoms with Gasteiger partial charge in [-0.05, 0) is 37.0 Å². The van der Waals surface area contributed by atoms with Crippen LogP contribution in [0.15, 0.2) is 24.5 Å². The van der Waals surface area contributed by atoms with Gasteiger partial charge in [0.05, 0.1) is 6.42 Å². The summed E-state index contributed by atoms with van der Waals surface area (Å²) >= 11 is 0. The lowest BCUT2D eigenvalue weighted by Gasteiger charge is -2.26. The van der Waals surface area contributed by atoms with Gasteiger partial charge in [-0.3, -0.25) is 4.79 Å². The largest absolute Gasteiger partial charge is 0.342 e. The van der Waals surface area contributed by atoms with Crippen molar-refractivity contribution >= 4 is 16.9 Å². The zero-order chi connectivity index (χ0) is 13.2. The maximum absolute atomic E-state index is 12.3. The summed E-state index contributed by atoms with van der Waals surface area (Å²) in [5, 5.41) is 1.09. The van der Waals surface area contributed by atoms with E-state index in [-0.39, 0.29) is 5.91 Å². The summed E-state index contributed by atoms with van der Waals surface area (Å²) in [5.41, 5.74) is 2.03. The average molecular weight is 257 g/mol. The zero-order valence-corrected chi connectivity index (χ0v) is 11.3. The second-order valence-corrected chi connectivity index (χ2v) is 5.26. The number of carbonyl (C=O) groups is 1. The van der Waals surface area contributed by atoms with Crippen molar-refractivity contribution in [1.29, 1.82) is 0 Å². The van der Waals surface area contributed by atoms with Gasteiger partial charge in [0, 0.05) is 37.9 Å². The molecule has 1 fully saturated rings. The Morgan fingerprint density at radius 2 is 2.11 bits per heavy atom. The molecule has 0 atom stereocenters. The molecule has 3 heterocycles. The Hall–Kier alpha value is -1.84. The highest BCUT2D eigenvalue weighted by molar-refractivity contribution is 5.87. The number of carbonyl (C=O) groups excluding carboxylic acids is 1. The van der Waals surface area contributed by atoms with E-state index in [2.05, 4.69) is 4.98 Å². The number of fused-ring (bicyclic) bond motifs is 1. The molecule has 0 N–H and O–H groups in total.